The Morgan fingerprint density at radius 2 is 0.672 bits per heavy atom. The predicted molar refractivity (Wildman–Crippen MR) is 270 cm³/mol. The van der Waals surface area contributed by atoms with Crippen molar-refractivity contribution in [3.63, 3.8) is 0 Å². The Kier molecular flexibility index (Phi) is 8.35. The molecule has 3 aliphatic rings. The van der Waals surface area contributed by atoms with Crippen LogP contribution in [0.25, 0.3) is 66.8 Å². The first-order valence-electron chi connectivity index (χ1n) is 22.8. The molecule has 0 amide bonds. The van der Waals surface area contributed by atoms with Crippen LogP contribution in [-0.2, 0) is 16.2 Å². The van der Waals surface area contributed by atoms with Crippen molar-refractivity contribution in [2.24, 2.45) is 0 Å². The zero-order valence-electron chi connectivity index (χ0n) is 37.5. The lowest BCUT2D eigenvalue weighted by molar-refractivity contribution is 0.653. The van der Waals surface area contributed by atoms with Crippen LogP contribution in [0.2, 0.25) is 0 Å². The van der Waals surface area contributed by atoms with Crippen molar-refractivity contribution in [3.05, 3.63) is 234 Å². The van der Waals surface area contributed by atoms with Crippen molar-refractivity contribution in [1.29, 1.82) is 0 Å². The maximum absolute atomic E-state index is 2.53. The number of nitrogens with zero attached hydrogens (tertiary/aromatic N) is 1. The standard InChI is InChI=1S/C63H51N/c1-61(2)55-23-14-13-20-49(55)50-34-28-44(36-56(50)61)42-26-31-46(32-27-42)64(45-29-24-41(25-30-45)40-16-9-7-10-17-40)47-33-35-51-53-38-59-54(39-58(53)62(3,4)57(51)37-47)52-22-15-21-48(60(52)63(59,5)6)43-18-11-8-12-19-43/h7-39H,1-6H3. The van der Waals surface area contributed by atoms with Gasteiger partial charge in [0.05, 0.1) is 0 Å². The highest BCUT2D eigenvalue weighted by atomic mass is 15.1. The summed E-state index contributed by atoms with van der Waals surface area (Å²) in [5.74, 6) is 0. The van der Waals surface area contributed by atoms with E-state index in [2.05, 4.69) is 247 Å². The van der Waals surface area contributed by atoms with E-state index < -0.39 is 0 Å². The summed E-state index contributed by atoms with van der Waals surface area (Å²) in [5, 5.41) is 0. The highest BCUT2D eigenvalue weighted by Crippen LogP contribution is 2.58. The molecule has 0 fully saturated rings. The van der Waals surface area contributed by atoms with Gasteiger partial charge in [0, 0.05) is 33.3 Å². The maximum Gasteiger partial charge on any atom is 0.0465 e. The van der Waals surface area contributed by atoms with E-state index in [-0.39, 0.29) is 16.2 Å². The zero-order chi connectivity index (χ0) is 43.5. The van der Waals surface area contributed by atoms with Crippen LogP contribution in [0.5, 0.6) is 0 Å². The quantitative estimate of drug-likeness (QED) is 0.161. The van der Waals surface area contributed by atoms with E-state index in [1.807, 2.05) is 0 Å². The number of hydrogen-bond acceptors (Lipinski definition) is 1. The third-order valence-electron chi connectivity index (χ3n) is 15.1. The van der Waals surface area contributed by atoms with Crippen molar-refractivity contribution < 1.29 is 0 Å². The van der Waals surface area contributed by atoms with Gasteiger partial charge in [0.2, 0.25) is 0 Å². The smallest absolute Gasteiger partial charge is 0.0465 e. The van der Waals surface area contributed by atoms with Gasteiger partial charge in [-0.15, -0.1) is 0 Å². The van der Waals surface area contributed by atoms with Crippen LogP contribution in [0.15, 0.2) is 200 Å². The molecule has 0 saturated heterocycles. The summed E-state index contributed by atoms with van der Waals surface area (Å²) in [6.07, 6.45) is 0. The van der Waals surface area contributed by atoms with Gasteiger partial charge in [0.25, 0.3) is 0 Å². The number of hydrogen-bond donors (Lipinski definition) is 0. The van der Waals surface area contributed by atoms with E-state index >= 15 is 0 Å². The summed E-state index contributed by atoms with van der Waals surface area (Å²) >= 11 is 0. The third kappa shape index (κ3) is 5.63. The van der Waals surface area contributed by atoms with Crippen LogP contribution >= 0.6 is 0 Å². The van der Waals surface area contributed by atoms with Gasteiger partial charge < -0.3 is 4.90 Å². The first-order valence-corrected chi connectivity index (χ1v) is 22.8. The van der Waals surface area contributed by atoms with Crippen molar-refractivity contribution in [2.75, 3.05) is 4.90 Å². The van der Waals surface area contributed by atoms with Gasteiger partial charge >= 0.3 is 0 Å². The normalized spacial score (nSPS) is 15.1. The zero-order valence-corrected chi connectivity index (χ0v) is 37.5. The lowest BCUT2D eigenvalue weighted by atomic mass is 9.77. The highest BCUT2D eigenvalue weighted by Gasteiger charge is 2.43. The van der Waals surface area contributed by atoms with Gasteiger partial charge in [0.15, 0.2) is 0 Å². The first kappa shape index (κ1) is 38.5. The fraction of sp³-hybridized carbons (Fsp3) is 0.143. The minimum absolute atomic E-state index is 0.0434. The molecule has 1 nitrogen and oxygen atoms in total. The minimum Gasteiger partial charge on any atom is -0.310 e. The summed E-state index contributed by atoms with van der Waals surface area (Å²) in [5.41, 5.74) is 27.1. The fourth-order valence-corrected chi connectivity index (χ4v) is 11.7. The summed E-state index contributed by atoms with van der Waals surface area (Å²) in [6, 6.07) is 74.9. The molecule has 0 bridgehead atoms. The molecular formula is C63H51N. The molecule has 12 rings (SSSR count). The molecule has 308 valence electrons. The second kappa shape index (κ2) is 13.9. The van der Waals surface area contributed by atoms with E-state index in [1.165, 1.54) is 100 Å². The van der Waals surface area contributed by atoms with Crippen molar-refractivity contribution in [3.8, 4) is 66.8 Å². The monoisotopic (exact) mass is 821 g/mol. The average molecular weight is 822 g/mol. The highest BCUT2D eigenvalue weighted by molar-refractivity contribution is 5.94. The Hall–Kier alpha value is -7.22. The summed E-state index contributed by atoms with van der Waals surface area (Å²) < 4.78 is 0. The van der Waals surface area contributed by atoms with Crippen molar-refractivity contribution >= 4 is 17.1 Å². The van der Waals surface area contributed by atoms with Gasteiger partial charge in [0.1, 0.15) is 0 Å². The average Bonchev–Trinajstić information content (AvgIpc) is 3.81. The second-order valence-electron chi connectivity index (χ2n) is 19.7. The van der Waals surface area contributed by atoms with Gasteiger partial charge in [-0.3, -0.25) is 0 Å². The summed E-state index contributed by atoms with van der Waals surface area (Å²) in [4.78, 5) is 2.44. The molecule has 9 aromatic rings. The van der Waals surface area contributed by atoms with E-state index in [1.54, 1.807) is 0 Å². The Balaban J connectivity index is 0.945. The van der Waals surface area contributed by atoms with Crippen LogP contribution in [0.1, 0.15) is 74.9 Å². The van der Waals surface area contributed by atoms with Crippen molar-refractivity contribution in [1.82, 2.24) is 0 Å². The molecule has 0 atom stereocenters. The number of benzene rings is 9. The lowest BCUT2D eigenvalue weighted by Crippen LogP contribution is -2.18. The molecule has 0 aliphatic heterocycles. The molecule has 0 spiro atoms. The molecule has 0 unspecified atom stereocenters. The fourth-order valence-electron chi connectivity index (χ4n) is 11.7. The summed E-state index contributed by atoms with van der Waals surface area (Å²) in [7, 11) is 0. The first-order chi connectivity index (χ1) is 31.0. The Labute approximate surface area is 378 Å². The molecule has 1 heteroatoms. The Morgan fingerprint density at radius 1 is 0.250 bits per heavy atom. The molecule has 0 radical (unpaired) electrons. The largest absolute Gasteiger partial charge is 0.310 e. The molecule has 0 saturated carbocycles. The second-order valence-corrected chi connectivity index (χ2v) is 19.7. The van der Waals surface area contributed by atoms with E-state index in [0.717, 1.165) is 17.1 Å². The molecule has 9 aromatic carbocycles. The molecule has 0 heterocycles. The van der Waals surface area contributed by atoms with Gasteiger partial charge in [-0.1, -0.05) is 187 Å². The third-order valence-corrected chi connectivity index (χ3v) is 15.1. The van der Waals surface area contributed by atoms with E-state index in [0.29, 0.717) is 0 Å². The maximum atomic E-state index is 2.53. The molecule has 0 aromatic heterocycles. The molecule has 3 aliphatic carbocycles. The van der Waals surface area contributed by atoms with E-state index in [9.17, 15) is 0 Å². The Morgan fingerprint density at radius 3 is 1.36 bits per heavy atom. The Bertz CT molecular complexity index is 3310. The predicted octanol–water partition coefficient (Wildman–Crippen LogP) is 17.1. The number of fused-ring (bicyclic) bond motifs is 9. The molecular weight excluding hydrogens is 771 g/mol. The number of anilines is 3. The minimum atomic E-state index is -0.201. The van der Waals surface area contributed by atoms with Crippen LogP contribution in [0, 0.1) is 0 Å². The van der Waals surface area contributed by atoms with Crippen LogP contribution in [0.4, 0.5) is 17.1 Å². The van der Waals surface area contributed by atoms with E-state index in [4.69, 9.17) is 0 Å². The summed E-state index contributed by atoms with van der Waals surface area (Å²) in [6.45, 7) is 14.4. The molecule has 64 heavy (non-hydrogen) atoms. The molecule has 0 N–H and O–H groups in total. The van der Waals surface area contributed by atoms with Crippen LogP contribution in [0.3, 0.4) is 0 Å². The van der Waals surface area contributed by atoms with Gasteiger partial charge in [-0.25, -0.2) is 0 Å². The topological polar surface area (TPSA) is 3.24 Å². The SMILES string of the molecule is CC1(C)c2ccccc2-c2ccc(-c3ccc(N(c4ccc(-c5ccccc5)cc4)c4ccc5c(c4)C(C)(C)c4cc6c(cc4-5)C(C)(C)c4c(-c5ccccc5)cccc4-6)cc3)cc21. The van der Waals surface area contributed by atoms with Crippen LogP contribution in [-0.4, -0.2) is 0 Å². The lowest BCUT2D eigenvalue weighted by Gasteiger charge is -2.28. The van der Waals surface area contributed by atoms with Crippen LogP contribution < -0.4 is 4.90 Å². The van der Waals surface area contributed by atoms with Gasteiger partial charge in [-0.2, -0.15) is 0 Å². The van der Waals surface area contributed by atoms with Crippen molar-refractivity contribution in [2.45, 2.75) is 57.8 Å². The number of rotatable bonds is 6. The van der Waals surface area contributed by atoms with Gasteiger partial charge in [-0.05, 0) is 155 Å².